The minimum atomic E-state index is 0.569. The summed E-state index contributed by atoms with van der Waals surface area (Å²) in [6.07, 6.45) is 11.1. The highest BCUT2D eigenvalue weighted by molar-refractivity contribution is 5.79. The summed E-state index contributed by atoms with van der Waals surface area (Å²) in [6.45, 7) is 1.27. The van der Waals surface area contributed by atoms with E-state index in [1.807, 2.05) is 35.3 Å². The second kappa shape index (κ2) is 5.65. The van der Waals surface area contributed by atoms with Crippen LogP contribution in [0.3, 0.4) is 0 Å². The van der Waals surface area contributed by atoms with Gasteiger partial charge in [-0.2, -0.15) is 0 Å². The highest BCUT2D eigenvalue weighted by Crippen LogP contribution is 2.24. The molecule has 23 heavy (non-hydrogen) atoms. The van der Waals surface area contributed by atoms with Gasteiger partial charge in [-0.05, 0) is 6.07 Å². The average molecular weight is 309 g/mol. The van der Waals surface area contributed by atoms with Crippen LogP contribution in [0.15, 0.2) is 43.2 Å². The molecule has 4 aromatic rings. The molecule has 4 aromatic heterocycles. The van der Waals surface area contributed by atoms with Crippen molar-refractivity contribution in [2.24, 2.45) is 0 Å². The molecule has 0 radical (unpaired) electrons. The monoisotopic (exact) mass is 309 g/mol. The topological polar surface area (TPSA) is 81.6 Å². The first-order valence-electron chi connectivity index (χ1n) is 7.21. The van der Waals surface area contributed by atoms with Gasteiger partial charge in [0.2, 0.25) is 11.7 Å². The molecule has 1 N–H and O–H groups in total. The number of imidazole rings is 1. The SMILES string of the molecule is COCCNc1ncc2c(-c3cnc4nccn4c3)ccn2n1. The molecule has 0 atom stereocenters. The van der Waals surface area contributed by atoms with E-state index in [4.69, 9.17) is 4.74 Å². The Bertz CT molecular complexity index is 959. The summed E-state index contributed by atoms with van der Waals surface area (Å²) >= 11 is 0. The Balaban J connectivity index is 1.70. The van der Waals surface area contributed by atoms with Crippen molar-refractivity contribution < 1.29 is 4.74 Å². The van der Waals surface area contributed by atoms with Crippen molar-refractivity contribution in [3.05, 3.63) is 43.2 Å². The lowest BCUT2D eigenvalue weighted by Crippen LogP contribution is -2.11. The Morgan fingerprint density at radius 1 is 1.17 bits per heavy atom. The van der Waals surface area contributed by atoms with E-state index >= 15 is 0 Å². The summed E-state index contributed by atoms with van der Waals surface area (Å²) in [5, 5.41) is 7.56. The molecule has 0 fully saturated rings. The summed E-state index contributed by atoms with van der Waals surface area (Å²) in [6, 6.07) is 2.00. The largest absolute Gasteiger partial charge is 0.383 e. The molecule has 0 unspecified atom stereocenters. The van der Waals surface area contributed by atoms with Gasteiger partial charge in [0, 0.05) is 55.8 Å². The van der Waals surface area contributed by atoms with E-state index in [9.17, 15) is 0 Å². The van der Waals surface area contributed by atoms with Crippen LogP contribution in [0.1, 0.15) is 0 Å². The molecule has 8 heteroatoms. The van der Waals surface area contributed by atoms with Crippen molar-refractivity contribution in [3.8, 4) is 11.1 Å². The second-order valence-electron chi connectivity index (χ2n) is 5.04. The Labute approximate surface area is 131 Å². The predicted octanol–water partition coefficient (Wildman–Crippen LogP) is 1.50. The van der Waals surface area contributed by atoms with Crippen LogP contribution in [0.5, 0.6) is 0 Å². The van der Waals surface area contributed by atoms with Crippen molar-refractivity contribution in [1.82, 2.24) is 29.0 Å². The number of hydrogen-bond donors (Lipinski definition) is 1. The van der Waals surface area contributed by atoms with Crippen molar-refractivity contribution in [2.75, 3.05) is 25.6 Å². The molecule has 116 valence electrons. The van der Waals surface area contributed by atoms with E-state index in [0.717, 1.165) is 16.6 Å². The molecule has 4 heterocycles. The van der Waals surface area contributed by atoms with Crippen molar-refractivity contribution in [2.45, 2.75) is 0 Å². The molecule has 0 spiro atoms. The fraction of sp³-hybridized carbons (Fsp3) is 0.200. The number of anilines is 1. The summed E-state index contributed by atoms with van der Waals surface area (Å²) in [5.74, 6) is 1.25. The molecule has 0 bridgehead atoms. The molecule has 0 saturated carbocycles. The number of ether oxygens (including phenoxy) is 1. The first-order chi connectivity index (χ1) is 11.3. The van der Waals surface area contributed by atoms with E-state index in [-0.39, 0.29) is 0 Å². The lowest BCUT2D eigenvalue weighted by Gasteiger charge is -2.05. The lowest BCUT2D eigenvalue weighted by molar-refractivity contribution is 0.210. The maximum absolute atomic E-state index is 5.00. The van der Waals surface area contributed by atoms with Crippen molar-refractivity contribution >= 4 is 17.2 Å². The van der Waals surface area contributed by atoms with Crippen LogP contribution >= 0.6 is 0 Å². The molecule has 0 aliphatic heterocycles. The molecule has 0 aromatic carbocycles. The van der Waals surface area contributed by atoms with Crippen LogP contribution in [-0.4, -0.2) is 49.2 Å². The van der Waals surface area contributed by atoms with Gasteiger partial charge in [-0.15, -0.1) is 5.10 Å². The number of nitrogens with one attached hydrogen (secondary N) is 1. The van der Waals surface area contributed by atoms with Crippen molar-refractivity contribution in [3.63, 3.8) is 0 Å². The van der Waals surface area contributed by atoms with E-state index in [2.05, 4.69) is 25.4 Å². The Morgan fingerprint density at radius 3 is 3.04 bits per heavy atom. The summed E-state index contributed by atoms with van der Waals surface area (Å²) in [7, 11) is 1.66. The Morgan fingerprint density at radius 2 is 2.13 bits per heavy atom. The third-order valence-corrected chi connectivity index (χ3v) is 3.56. The van der Waals surface area contributed by atoms with E-state index in [1.54, 1.807) is 24.0 Å². The molecule has 8 nitrogen and oxygen atoms in total. The summed E-state index contributed by atoms with van der Waals surface area (Å²) < 4.78 is 8.69. The van der Waals surface area contributed by atoms with Gasteiger partial charge in [0.25, 0.3) is 0 Å². The number of hydrogen-bond acceptors (Lipinski definition) is 6. The smallest absolute Gasteiger partial charge is 0.241 e. The normalized spacial score (nSPS) is 11.3. The first kappa shape index (κ1) is 13.6. The lowest BCUT2D eigenvalue weighted by atomic mass is 10.1. The number of aromatic nitrogens is 6. The van der Waals surface area contributed by atoms with Crippen LogP contribution in [0.2, 0.25) is 0 Å². The van der Waals surface area contributed by atoms with E-state index in [0.29, 0.717) is 24.9 Å². The van der Waals surface area contributed by atoms with Gasteiger partial charge in [-0.1, -0.05) is 0 Å². The average Bonchev–Trinajstić information content (AvgIpc) is 3.20. The van der Waals surface area contributed by atoms with Crippen LogP contribution in [-0.2, 0) is 4.74 Å². The molecule has 0 aliphatic carbocycles. The molecular formula is C15H15N7O. The minimum absolute atomic E-state index is 0.569. The fourth-order valence-electron chi connectivity index (χ4n) is 2.45. The highest BCUT2D eigenvalue weighted by Gasteiger charge is 2.09. The number of rotatable bonds is 5. The number of nitrogens with zero attached hydrogens (tertiary/aromatic N) is 6. The van der Waals surface area contributed by atoms with Crippen LogP contribution < -0.4 is 5.32 Å². The maximum Gasteiger partial charge on any atom is 0.241 e. The van der Waals surface area contributed by atoms with Gasteiger partial charge in [0.15, 0.2) is 0 Å². The Kier molecular flexibility index (Phi) is 3.35. The zero-order valence-corrected chi connectivity index (χ0v) is 12.5. The van der Waals surface area contributed by atoms with Crippen LogP contribution in [0, 0.1) is 0 Å². The van der Waals surface area contributed by atoms with Gasteiger partial charge in [0.1, 0.15) is 0 Å². The van der Waals surface area contributed by atoms with Gasteiger partial charge in [-0.25, -0.2) is 19.5 Å². The standard InChI is InChI=1S/C15H15N7O/c1-23-7-4-16-14-18-9-13-12(2-5-22(13)20-14)11-8-19-15-17-3-6-21(15)10-11/h2-3,5-6,8-10H,4,7H2,1H3,(H,16,20). The van der Waals surface area contributed by atoms with Crippen LogP contribution in [0.25, 0.3) is 22.4 Å². The zero-order valence-electron chi connectivity index (χ0n) is 12.5. The molecule has 4 rings (SSSR count). The summed E-state index contributed by atoms with van der Waals surface area (Å²) in [4.78, 5) is 12.9. The van der Waals surface area contributed by atoms with E-state index in [1.165, 1.54) is 0 Å². The van der Waals surface area contributed by atoms with Gasteiger partial charge < -0.3 is 10.1 Å². The van der Waals surface area contributed by atoms with Gasteiger partial charge in [0.05, 0.1) is 18.3 Å². The summed E-state index contributed by atoms with van der Waals surface area (Å²) in [5.41, 5.74) is 2.93. The number of fused-ring (bicyclic) bond motifs is 2. The molecule has 0 aliphatic rings. The highest BCUT2D eigenvalue weighted by atomic mass is 16.5. The molecular weight excluding hydrogens is 294 g/mol. The Hall–Kier alpha value is -3.00. The maximum atomic E-state index is 5.00. The third kappa shape index (κ3) is 2.49. The quantitative estimate of drug-likeness (QED) is 0.563. The first-order valence-corrected chi connectivity index (χ1v) is 7.21. The third-order valence-electron chi connectivity index (χ3n) is 3.56. The van der Waals surface area contributed by atoms with Crippen molar-refractivity contribution in [1.29, 1.82) is 0 Å². The van der Waals surface area contributed by atoms with Gasteiger partial charge in [-0.3, -0.25) is 4.40 Å². The molecule has 0 amide bonds. The predicted molar refractivity (Wildman–Crippen MR) is 85.3 cm³/mol. The fourth-order valence-corrected chi connectivity index (χ4v) is 2.45. The van der Waals surface area contributed by atoms with Gasteiger partial charge >= 0.3 is 0 Å². The van der Waals surface area contributed by atoms with Crippen LogP contribution in [0.4, 0.5) is 5.95 Å². The second-order valence-corrected chi connectivity index (χ2v) is 5.04. The minimum Gasteiger partial charge on any atom is -0.383 e. The zero-order chi connectivity index (χ0) is 15.6. The van der Waals surface area contributed by atoms with E-state index < -0.39 is 0 Å². The molecule has 0 saturated heterocycles. The number of methoxy groups -OCH3 is 1.